The van der Waals surface area contributed by atoms with Gasteiger partial charge in [0.15, 0.2) is 0 Å². The zero-order chi connectivity index (χ0) is 13.1. The first-order valence-corrected chi connectivity index (χ1v) is 6.76. The molecule has 0 saturated carbocycles. The molecule has 2 aromatic heterocycles. The summed E-state index contributed by atoms with van der Waals surface area (Å²) in [6.45, 7) is 1.20. The molecule has 5 nitrogen and oxygen atoms in total. The summed E-state index contributed by atoms with van der Waals surface area (Å²) in [7, 11) is 0. The molecular weight excluding hydrogens is 264 g/mol. The summed E-state index contributed by atoms with van der Waals surface area (Å²) in [5, 5.41) is 2.52. The minimum atomic E-state index is -0.0320. The molecule has 19 heavy (non-hydrogen) atoms. The zero-order valence-electron chi connectivity index (χ0n) is 10.1. The van der Waals surface area contributed by atoms with E-state index in [4.69, 9.17) is 9.15 Å². The minimum Gasteiger partial charge on any atom is -0.465 e. The van der Waals surface area contributed by atoms with Crippen LogP contribution in [0.2, 0.25) is 0 Å². The van der Waals surface area contributed by atoms with Crippen molar-refractivity contribution < 1.29 is 13.9 Å². The number of aromatic nitrogens is 1. The van der Waals surface area contributed by atoms with E-state index < -0.39 is 0 Å². The van der Waals surface area contributed by atoms with Crippen molar-refractivity contribution in [2.75, 3.05) is 13.1 Å². The number of amides is 1. The molecule has 1 saturated heterocycles. The van der Waals surface area contributed by atoms with Crippen molar-refractivity contribution in [2.24, 2.45) is 0 Å². The summed E-state index contributed by atoms with van der Waals surface area (Å²) in [6.07, 6.45) is 6.50. The summed E-state index contributed by atoms with van der Waals surface area (Å²) in [6, 6.07) is 3.58. The normalized spacial score (nSPS) is 15.7. The predicted octanol–water partition coefficient (Wildman–Crippen LogP) is 2.04. The molecule has 0 N–H and O–H groups in total. The quantitative estimate of drug-likeness (QED) is 0.802. The summed E-state index contributed by atoms with van der Waals surface area (Å²) >= 11 is 1.46. The van der Waals surface area contributed by atoms with Crippen LogP contribution in [0, 0.1) is 0 Å². The number of hydrogen-bond acceptors (Lipinski definition) is 5. The molecule has 3 heterocycles. The molecular formula is C13H12N2O3S. The van der Waals surface area contributed by atoms with E-state index in [1.54, 1.807) is 35.6 Å². The van der Waals surface area contributed by atoms with Crippen molar-refractivity contribution in [3.05, 3.63) is 41.8 Å². The number of likely N-dealkylation sites (tertiary alicyclic amines) is 1. The summed E-state index contributed by atoms with van der Waals surface area (Å²) in [5.41, 5.74) is 0. The fourth-order valence-electron chi connectivity index (χ4n) is 1.75. The van der Waals surface area contributed by atoms with E-state index in [1.807, 2.05) is 5.38 Å². The van der Waals surface area contributed by atoms with Gasteiger partial charge in [-0.1, -0.05) is 11.3 Å². The lowest BCUT2D eigenvalue weighted by Crippen LogP contribution is -2.55. The standard InChI is InChI=1S/C13H12N2O3S/c16-12(4-3-10-2-1-6-17-10)15-8-11(9-15)18-13-14-5-7-19-13/h1-7,11H,8-9H2/b4-3+. The molecule has 0 aromatic carbocycles. The molecule has 1 amide bonds. The Hall–Kier alpha value is -2.08. The molecule has 0 aliphatic carbocycles. The molecule has 2 aromatic rings. The SMILES string of the molecule is O=C(/C=C/c1ccco1)N1CC(Oc2nccs2)C1. The topological polar surface area (TPSA) is 55.6 Å². The zero-order valence-corrected chi connectivity index (χ0v) is 10.9. The van der Waals surface area contributed by atoms with Crippen LogP contribution in [0.3, 0.4) is 0 Å². The predicted molar refractivity (Wildman–Crippen MR) is 70.9 cm³/mol. The van der Waals surface area contributed by atoms with Gasteiger partial charge in [-0.2, -0.15) is 0 Å². The highest BCUT2D eigenvalue weighted by molar-refractivity contribution is 7.11. The van der Waals surface area contributed by atoms with E-state index in [9.17, 15) is 4.79 Å². The highest BCUT2D eigenvalue weighted by atomic mass is 32.1. The van der Waals surface area contributed by atoms with Gasteiger partial charge >= 0.3 is 0 Å². The Morgan fingerprint density at radius 3 is 3.16 bits per heavy atom. The molecule has 98 valence electrons. The first kappa shape index (κ1) is 12.0. The number of hydrogen-bond donors (Lipinski definition) is 0. The Kier molecular flexibility index (Phi) is 3.33. The van der Waals surface area contributed by atoms with Crippen LogP contribution < -0.4 is 4.74 Å². The molecule has 3 rings (SSSR count). The molecule has 1 fully saturated rings. The average Bonchev–Trinajstić information content (AvgIpc) is 3.03. The van der Waals surface area contributed by atoms with Gasteiger partial charge in [-0.15, -0.1) is 0 Å². The van der Waals surface area contributed by atoms with Crippen molar-refractivity contribution in [3.8, 4) is 5.19 Å². The minimum absolute atomic E-state index is 0.0320. The largest absolute Gasteiger partial charge is 0.465 e. The molecule has 0 radical (unpaired) electrons. The van der Waals surface area contributed by atoms with Gasteiger partial charge in [-0.25, -0.2) is 4.98 Å². The lowest BCUT2D eigenvalue weighted by Gasteiger charge is -2.37. The van der Waals surface area contributed by atoms with E-state index in [-0.39, 0.29) is 12.0 Å². The van der Waals surface area contributed by atoms with Crippen LogP contribution in [-0.2, 0) is 4.79 Å². The van der Waals surface area contributed by atoms with E-state index in [1.165, 1.54) is 17.4 Å². The second kappa shape index (κ2) is 5.27. The van der Waals surface area contributed by atoms with Gasteiger partial charge in [0.25, 0.3) is 5.19 Å². The van der Waals surface area contributed by atoms with Gasteiger partial charge in [0, 0.05) is 17.7 Å². The molecule has 0 spiro atoms. The van der Waals surface area contributed by atoms with Gasteiger partial charge in [-0.3, -0.25) is 4.79 Å². The Morgan fingerprint density at radius 2 is 2.47 bits per heavy atom. The van der Waals surface area contributed by atoms with Crippen molar-refractivity contribution in [3.63, 3.8) is 0 Å². The maximum Gasteiger partial charge on any atom is 0.273 e. The Balaban J connectivity index is 1.46. The number of carbonyl (C=O) groups excluding carboxylic acids is 1. The highest BCUT2D eigenvalue weighted by Gasteiger charge is 2.31. The average molecular weight is 276 g/mol. The number of rotatable bonds is 4. The van der Waals surface area contributed by atoms with Gasteiger partial charge in [0.2, 0.25) is 5.91 Å². The van der Waals surface area contributed by atoms with Crippen LogP contribution in [0.5, 0.6) is 5.19 Å². The van der Waals surface area contributed by atoms with Crippen LogP contribution in [0.1, 0.15) is 5.76 Å². The fourth-order valence-corrected chi connectivity index (χ4v) is 2.30. The van der Waals surface area contributed by atoms with E-state index >= 15 is 0 Å². The van der Waals surface area contributed by atoms with Crippen LogP contribution in [0.25, 0.3) is 6.08 Å². The summed E-state index contributed by atoms with van der Waals surface area (Å²) in [5.74, 6) is 0.639. The fraction of sp³-hybridized carbons (Fsp3) is 0.231. The molecule has 1 aliphatic heterocycles. The van der Waals surface area contributed by atoms with Gasteiger partial charge < -0.3 is 14.1 Å². The molecule has 1 aliphatic rings. The van der Waals surface area contributed by atoms with E-state index in [0.717, 1.165) is 0 Å². The highest BCUT2D eigenvalue weighted by Crippen LogP contribution is 2.20. The van der Waals surface area contributed by atoms with Gasteiger partial charge in [-0.05, 0) is 18.2 Å². The third-order valence-corrected chi connectivity index (χ3v) is 3.43. The maximum absolute atomic E-state index is 11.8. The Morgan fingerprint density at radius 1 is 1.58 bits per heavy atom. The van der Waals surface area contributed by atoms with Crippen molar-refractivity contribution >= 4 is 23.3 Å². The van der Waals surface area contributed by atoms with Crippen molar-refractivity contribution in [1.29, 1.82) is 0 Å². The molecule has 6 heteroatoms. The molecule has 0 unspecified atom stereocenters. The lowest BCUT2D eigenvalue weighted by molar-refractivity contribution is -0.134. The number of carbonyl (C=O) groups is 1. The maximum atomic E-state index is 11.8. The van der Waals surface area contributed by atoms with Crippen LogP contribution in [0.15, 0.2) is 40.5 Å². The number of furan rings is 1. The van der Waals surface area contributed by atoms with Crippen LogP contribution in [-0.4, -0.2) is 35.0 Å². The first-order chi connectivity index (χ1) is 9.31. The third kappa shape index (κ3) is 2.85. The van der Waals surface area contributed by atoms with Crippen LogP contribution >= 0.6 is 11.3 Å². The molecule has 0 atom stereocenters. The van der Waals surface area contributed by atoms with Gasteiger partial charge in [0.05, 0.1) is 19.4 Å². The van der Waals surface area contributed by atoms with Crippen LogP contribution in [0.4, 0.5) is 0 Å². The Bertz CT molecular complexity index is 557. The van der Waals surface area contributed by atoms with Gasteiger partial charge in [0.1, 0.15) is 11.9 Å². The summed E-state index contributed by atoms with van der Waals surface area (Å²) < 4.78 is 10.7. The monoisotopic (exact) mass is 276 g/mol. The van der Waals surface area contributed by atoms with Crippen molar-refractivity contribution in [1.82, 2.24) is 9.88 Å². The number of ether oxygens (including phenoxy) is 1. The third-order valence-electron chi connectivity index (χ3n) is 2.77. The number of thiazole rings is 1. The second-order valence-corrected chi connectivity index (χ2v) is 4.99. The smallest absolute Gasteiger partial charge is 0.273 e. The molecule has 0 bridgehead atoms. The second-order valence-electron chi connectivity index (χ2n) is 4.13. The first-order valence-electron chi connectivity index (χ1n) is 5.88. The van der Waals surface area contributed by atoms with E-state index in [0.29, 0.717) is 24.0 Å². The summed E-state index contributed by atoms with van der Waals surface area (Å²) in [4.78, 5) is 17.6. The van der Waals surface area contributed by atoms with Crippen molar-refractivity contribution in [2.45, 2.75) is 6.10 Å². The Labute approximate surface area is 114 Å². The van der Waals surface area contributed by atoms with E-state index in [2.05, 4.69) is 4.98 Å². The lowest BCUT2D eigenvalue weighted by atomic mass is 10.1. The number of nitrogens with zero attached hydrogens (tertiary/aromatic N) is 2.